The van der Waals surface area contributed by atoms with Crippen molar-refractivity contribution in [2.45, 2.75) is 85.8 Å². The predicted octanol–water partition coefficient (Wildman–Crippen LogP) is 4.27. The zero-order valence-electron chi connectivity index (χ0n) is 22.8. The highest BCUT2D eigenvalue weighted by atomic mass is 16.5. The van der Waals surface area contributed by atoms with Crippen LogP contribution in [-0.4, -0.2) is 52.7 Å². The molecule has 0 spiro atoms. The van der Waals surface area contributed by atoms with Crippen LogP contribution in [0, 0.1) is 5.41 Å². The lowest BCUT2D eigenvalue weighted by Gasteiger charge is -2.36. The molecular formula is C29H43NO6. The van der Waals surface area contributed by atoms with Crippen molar-refractivity contribution in [3.8, 4) is 0 Å². The number of ketones is 1. The van der Waals surface area contributed by atoms with E-state index < -0.39 is 42.1 Å². The number of nitrogens with one attached hydrogen (secondary N) is 1. The molecule has 0 heterocycles. The normalized spacial score (nSPS) is 19.4. The van der Waals surface area contributed by atoms with Gasteiger partial charge < -0.3 is 20.3 Å². The highest BCUT2D eigenvalue weighted by Gasteiger charge is 2.40. The first-order valence-corrected chi connectivity index (χ1v) is 12.5. The number of hydrogen-bond acceptors (Lipinski definition) is 6. The SMILES string of the molecule is C/C=C(C)/C=C/C=C(C)/C=C/C1=C(C)C(=O)C(OC(=O)CCC(=O)NC(CC)(CO)CO)CC1(C)C. The summed E-state index contributed by atoms with van der Waals surface area (Å²) in [5.74, 6) is -1.35. The molecule has 0 radical (unpaired) electrons. The molecule has 0 aliphatic heterocycles. The van der Waals surface area contributed by atoms with Gasteiger partial charge in [0.1, 0.15) is 0 Å². The van der Waals surface area contributed by atoms with E-state index in [-0.39, 0.29) is 18.6 Å². The first-order chi connectivity index (χ1) is 16.8. The molecule has 1 aliphatic carbocycles. The molecule has 1 aliphatic rings. The van der Waals surface area contributed by atoms with Gasteiger partial charge in [0, 0.05) is 12.8 Å². The predicted molar refractivity (Wildman–Crippen MR) is 142 cm³/mol. The number of rotatable bonds is 12. The standard InChI is InChI=1S/C29H43NO6/c1-8-20(3)11-10-12-21(4)13-14-23-22(5)27(35)24(17-28(23,6)7)36-26(34)16-15-25(33)30-29(9-2,18-31)19-32/h8,10-14,24,31-32H,9,15-19H2,1-7H3,(H,30,33)/b11-10+,14-13+,20-8+,21-12+. The van der Waals surface area contributed by atoms with Crippen LogP contribution in [-0.2, 0) is 19.1 Å². The van der Waals surface area contributed by atoms with Gasteiger partial charge in [0.05, 0.1) is 25.2 Å². The highest BCUT2D eigenvalue weighted by molar-refractivity contribution is 6.01. The molecule has 7 nitrogen and oxygen atoms in total. The van der Waals surface area contributed by atoms with Crippen LogP contribution in [0.4, 0.5) is 0 Å². The Morgan fingerprint density at radius 3 is 2.33 bits per heavy atom. The summed E-state index contributed by atoms with van der Waals surface area (Å²) < 4.78 is 5.48. The first kappa shape index (κ1) is 31.3. The topological polar surface area (TPSA) is 113 Å². The number of allylic oxidation sites excluding steroid dienone is 9. The number of aliphatic hydroxyl groups excluding tert-OH is 2. The summed E-state index contributed by atoms with van der Waals surface area (Å²) in [6.45, 7) is 12.7. The van der Waals surface area contributed by atoms with E-state index in [9.17, 15) is 24.6 Å². The molecule has 1 rings (SSSR count). The Kier molecular flexibility index (Phi) is 12.2. The Hall–Kier alpha value is -2.77. The molecule has 1 unspecified atom stereocenters. The number of ether oxygens (including phenoxy) is 1. The van der Waals surface area contributed by atoms with Gasteiger partial charge in [-0.15, -0.1) is 0 Å². The molecule has 36 heavy (non-hydrogen) atoms. The van der Waals surface area contributed by atoms with E-state index in [0.29, 0.717) is 18.4 Å². The van der Waals surface area contributed by atoms with Crippen LogP contribution in [0.5, 0.6) is 0 Å². The van der Waals surface area contributed by atoms with Gasteiger partial charge in [-0.05, 0) is 50.7 Å². The van der Waals surface area contributed by atoms with Crippen LogP contribution in [0.2, 0.25) is 0 Å². The Balaban J connectivity index is 2.85. The number of esters is 1. The lowest BCUT2D eigenvalue weighted by molar-refractivity contribution is -0.156. The second-order valence-corrected chi connectivity index (χ2v) is 10.1. The van der Waals surface area contributed by atoms with Crippen molar-refractivity contribution < 1.29 is 29.3 Å². The number of aliphatic hydroxyl groups is 2. The number of carbonyl (C=O) groups is 3. The van der Waals surface area contributed by atoms with Crippen molar-refractivity contribution in [1.29, 1.82) is 0 Å². The number of carbonyl (C=O) groups excluding carboxylic acids is 3. The number of Topliss-reactive ketones (excluding diaryl/α,β-unsaturated/α-hetero) is 1. The summed E-state index contributed by atoms with van der Waals surface area (Å²) in [4.78, 5) is 37.6. The van der Waals surface area contributed by atoms with E-state index in [1.54, 1.807) is 13.8 Å². The Bertz CT molecular complexity index is 952. The Morgan fingerprint density at radius 1 is 1.14 bits per heavy atom. The summed E-state index contributed by atoms with van der Waals surface area (Å²) in [5.41, 5.74) is 2.17. The molecule has 3 N–H and O–H groups in total. The van der Waals surface area contributed by atoms with Crippen molar-refractivity contribution in [3.63, 3.8) is 0 Å². The molecule has 0 fully saturated rings. The van der Waals surface area contributed by atoms with Gasteiger partial charge in [0.15, 0.2) is 11.9 Å². The average Bonchev–Trinajstić information content (AvgIpc) is 2.84. The molecule has 0 saturated heterocycles. The zero-order valence-corrected chi connectivity index (χ0v) is 22.8. The molecule has 0 aromatic carbocycles. The number of hydrogen-bond donors (Lipinski definition) is 3. The maximum atomic E-state index is 13.0. The van der Waals surface area contributed by atoms with Crippen LogP contribution in [0.1, 0.15) is 74.1 Å². The molecule has 200 valence electrons. The van der Waals surface area contributed by atoms with Crippen molar-refractivity contribution in [1.82, 2.24) is 5.32 Å². The smallest absolute Gasteiger partial charge is 0.307 e. The van der Waals surface area contributed by atoms with Crippen LogP contribution in [0.25, 0.3) is 0 Å². The second-order valence-electron chi connectivity index (χ2n) is 10.1. The average molecular weight is 502 g/mol. The molecule has 7 heteroatoms. The second kappa shape index (κ2) is 14.1. The minimum absolute atomic E-state index is 0.165. The fourth-order valence-corrected chi connectivity index (χ4v) is 3.94. The molecule has 0 bridgehead atoms. The minimum atomic E-state index is -1.12. The Labute approximate surface area is 215 Å². The van der Waals surface area contributed by atoms with Crippen molar-refractivity contribution >= 4 is 17.7 Å². The maximum Gasteiger partial charge on any atom is 0.307 e. The lowest BCUT2D eigenvalue weighted by Crippen LogP contribution is -2.53. The van der Waals surface area contributed by atoms with Gasteiger partial charge in [-0.2, -0.15) is 0 Å². The summed E-state index contributed by atoms with van der Waals surface area (Å²) in [6, 6.07) is 0. The molecule has 0 aromatic rings. The van der Waals surface area contributed by atoms with E-state index in [1.807, 2.05) is 71.1 Å². The molecule has 1 atom stereocenters. The van der Waals surface area contributed by atoms with Crippen LogP contribution < -0.4 is 5.32 Å². The van der Waals surface area contributed by atoms with Gasteiger partial charge in [0.25, 0.3) is 0 Å². The van der Waals surface area contributed by atoms with E-state index in [2.05, 4.69) is 5.32 Å². The van der Waals surface area contributed by atoms with Crippen LogP contribution >= 0.6 is 0 Å². The van der Waals surface area contributed by atoms with E-state index in [0.717, 1.165) is 11.1 Å². The summed E-state index contributed by atoms with van der Waals surface area (Å²) in [7, 11) is 0. The maximum absolute atomic E-state index is 13.0. The third-order valence-electron chi connectivity index (χ3n) is 6.69. The van der Waals surface area contributed by atoms with Crippen molar-refractivity contribution in [2.75, 3.05) is 13.2 Å². The van der Waals surface area contributed by atoms with Crippen LogP contribution in [0.15, 0.2) is 58.7 Å². The number of amides is 1. The molecule has 1 amide bonds. The third kappa shape index (κ3) is 9.03. The van der Waals surface area contributed by atoms with Crippen molar-refractivity contribution in [3.05, 3.63) is 58.7 Å². The fourth-order valence-electron chi connectivity index (χ4n) is 3.94. The first-order valence-electron chi connectivity index (χ1n) is 12.5. The molecule has 0 aromatic heterocycles. The largest absolute Gasteiger partial charge is 0.454 e. The fraction of sp³-hybridized carbons (Fsp3) is 0.552. The summed E-state index contributed by atoms with van der Waals surface area (Å²) in [6.07, 6.45) is 11.4. The van der Waals surface area contributed by atoms with Crippen molar-refractivity contribution in [2.24, 2.45) is 5.41 Å². The lowest BCUT2D eigenvalue weighted by atomic mass is 9.71. The third-order valence-corrected chi connectivity index (χ3v) is 6.69. The minimum Gasteiger partial charge on any atom is -0.454 e. The van der Waals surface area contributed by atoms with E-state index in [4.69, 9.17) is 4.74 Å². The highest BCUT2D eigenvalue weighted by Crippen LogP contribution is 2.40. The van der Waals surface area contributed by atoms with Crippen LogP contribution in [0.3, 0.4) is 0 Å². The van der Waals surface area contributed by atoms with E-state index in [1.165, 1.54) is 5.57 Å². The Morgan fingerprint density at radius 2 is 1.78 bits per heavy atom. The summed E-state index contributed by atoms with van der Waals surface area (Å²) >= 11 is 0. The monoisotopic (exact) mass is 501 g/mol. The molecular weight excluding hydrogens is 458 g/mol. The molecule has 0 saturated carbocycles. The summed E-state index contributed by atoms with van der Waals surface area (Å²) in [5, 5.41) is 21.5. The van der Waals surface area contributed by atoms with Gasteiger partial charge >= 0.3 is 5.97 Å². The quantitative estimate of drug-likeness (QED) is 0.272. The van der Waals surface area contributed by atoms with Gasteiger partial charge in [-0.1, -0.05) is 68.4 Å². The van der Waals surface area contributed by atoms with Gasteiger partial charge in [-0.3, -0.25) is 14.4 Å². The van der Waals surface area contributed by atoms with E-state index >= 15 is 0 Å². The van der Waals surface area contributed by atoms with Gasteiger partial charge in [-0.25, -0.2) is 0 Å². The van der Waals surface area contributed by atoms with Gasteiger partial charge in [0.2, 0.25) is 5.91 Å². The zero-order chi connectivity index (χ0) is 27.5.